The van der Waals surface area contributed by atoms with Crippen molar-refractivity contribution >= 4 is 29.9 Å². The summed E-state index contributed by atoms with van der Waals surface area (Å²) in [7, 11) is 3.72. The van der Waals surface area contributed by atoms with Crippen LogP contribution in [0, 0.1) is 0 Å². The molecule has 0 spiro atoms. The minimum absolute atomic E-state index is 0. The van der Waals surface area contributed by atoms with Crippen molar-refractivity contribution in [3.05, 3.63) is 18.0 Å². The molecule has 1 atom stereocenters. The van der Waals surface area contributed by atoms with Gasteiger partial charge < -0.3 is 10.6 Å². The van der Waals surface area contributed by atoms with Crippen LogP contribution < -0.4 is 10.6 Å². The second-order valence-corrected chi connectivity index (χ2v) is 4.22. The molecule has 0 saturated carbocycles. The van der Waals surface area contributed by atoms with Gasteiger partial charge in [-0.05, 0) is 25.3 Å². The van der Waals surface area contributed by atoms with Crippen molar-refractivity contribution in [2.45, 2.75) is 32.7 Å². The summed E-state index contributed by atoms with van der Waals surface area (Å²) in [5.41, 5.74) is 1.24. The average Bonchev–Trinajstić information content (AvgIpc) is 2.73. The number of nitrogens with one attached hydrogen (secondary N) is 2. The number of aryl methyl sites for hydroxylation is 1. The van der Waals surface area contributed by atoms with Gasteiger partial charge in [-0.2, -0.15) is 5.10 Å². The summed E-state index contributed by atoms with van der Waals surface area (Å²) in [4.78, 5) is 4.19. The van der Waals surface area contributed by atoms with Crippen LogP contribution in [0.4, 0.5) is 0 Å². The van der Waals surface area contributed by atoms with Gasteiger partial charge in [-0.1, -0.05) is 6.92 Å². The molecule has 5 nitrogen and oxygen atoms in total. The fourth-order valence-electron chi connectivity index (χ4n) is 1.46. The molecule has 6 heteroatoms. The van der Waals surface area contributed by atoms with Crippen LogP contribution in [0.1, 0.15) is 25.8 Å². The normalized spacial score (nSPS) is 12.8. The molecule has 1 aromatic rings. The summed E-state index contributed by atoms with van der Waals surface area (Å²) in [6.45, 7) is 5.16. The van der Waals surface area contributed by atoms with E-state index in [2.05, 4.69) is 34.6 Å². The quantitative estimate of drug-likeness (QED) is 0.473. The van der Waals surface area contributed by atoms with E-state index in [0.29, 0.717) is 6.04 Å². The summed E-state index contributed by atoms with van der Waals surface area (Å²) in [5, 5.41) is 10.8. The highest BCUT2D eigenvalue weighted by Gasteiger charge is 2.02. The molecule has 0 saturated heterocycles. The lowest BCUT2D eigenvalue weighted by Crippen LogP contribution is -2.42. The Balaban J connectivity index is 0.00000289. The van der Waals surface area contributed by atoms with Gasteiger partial charge in [0.15, 0.2) is 5.96 Å². The van der Waals surface area contributed by atoms with Crippen LogP contribution in [0.15, 0.2) is 17.4 Å². The van der Waals surface area contributed by atoms with Crippen molar-refractivity contribution in [3.63, 3.8) is 0 Å². The van der Waals surface area contributed by atoms with Crippen LogP contribution in [-0.4, -0.2) is 35.4 Å². The molecule has 0 aromatic carbocycles. The molecule has 0 aliphatic rings. The van der Waals surface area contributed by atoms with Crippen LogP contribution in [-0.2, 0) is 13.5 Å². The van der Waals surface area contributed by atoms with E-state index in [4.69, 9.17) is 0 Å². The minimum atomic E-state index is 0. The molecule has 1 rings (SSSR count). The number of aliphatic imine (C=N–C) groups is 1. The largest absolute Gasteiger partial charge is 0.356 e. The fourth-order valence-corrected chi connectivity index (χ4v) is 1.46. The average molecular weight is 365 g/mol. The minimum Gasteiger partial charge on any atom is -0.356 e. The summed E-state index contributed by atoms with van der Waals surface area (Å²) in [6, 6.07) is 0.444. The predicted molar refractivity (Wildman–Crippen MR) is 86.6 cm³/mol. The first-order valence-corrected chi connectivity index (χ1v) is 6.10. The van der Waals surface area contributed by atoms with Crippen molar-refractivity contribution in [2.75, 3.05) is 13.6 Å². The van der Waals surface area contributed by atoms with E-state index in [-0.39, 0.29) is 24.0 Å². The summed E-state index contributed by atoms with van der Waals surface area (Å²) in [6.07, 6.45) is 5.97. The van der Waals surface area contributed by atoms with Gasteiger partial charge in [-0.25, -0.2) is 0 Å². The van der Waals surface area contributed by atoms with E-state index in [1.807, 2.05) is 24.1 Å². The Hall–Kier alpha value is -0.790. The standard InChI is InChI=1S/C12H23N5.HI/c1-5-10(2)16-12(13-3)14-7-6-11-8-15-17(4)9-11;/h8-10H,5-7H2,1-4H3,(H2,13,14,16);1H. The van der Waals surface area contributed by atoms with Gasteiger partial charge in [0.25, 0.3) is 0 Å². The highest BCUT2D eigenvalue weighted by atomic mass is 127. The molecule has 1 aromatic heterocycles. The highest BCUT2D eigenvalue weighted by Crippen LogP contribution is 1.96. The molecule has 0 aliphatic heterocycles. The van der Waals surface area contributed by atoms with Gasteiger partial charge in [-0.15, -0.1) is 24.0 Å². The number of halogens is 1. The first-order chi connectivity index (χ1) is 8.15. The van der Waals surface area contributed by atoms with Crippen molar-refractivity contribution in [1.29, 1.82) is 0 Å². The van der Waals surface area contributed by atoms with Crippen molar-refractivity contribution in [1.82, 2.24) is 20.4 Å². The second-order valence-electron chi connectivity index (χ2n) is 4.22. The Morgan fingerprint density at radius 2 is 2.28 bits per heavy atom. The van der Waals surface area contributed by atoms with Gasteiger partial charge in [0.1, 0.15) is 0 Å². The second kappa shape index (κ2) is 9.18. The third-order valence-electron chi connectivity index (χ3n) is 2.68. The van der Waals surface area contributed by atoms with E-state index in [0.717, 1.165) is 25.3 Å². The maximum absolute atomic E-state index is 4.19. The number of rotatable bonds is 5. The molecular weight excluding hydrogens is 341 g/mol. The van der Waals surface area contributed by atoms with Crippen LogP contribution in [0.25, 0.3) is 0 Å². The molecule has 18 heavy (non-hydrogen) atoms. The van der Waals surface area contributed by atoms with Crippen LogP contribution >= 0.6 is 24.0 Å². The lowest BCUT2D eigenvalue weighted by atomic mass is 10.2. The summed E-state index contributed by atoms with van der Waals surface area (Å²) < 4.78 is 1.82. The van der Waals surface area contributed by atoms with Crippen molar-refractivity contribution in [2.24, 2.45) is 12.0 Å². The molecule has 0 aliphatic carbocycles. The Kier molecular flexibility index (Phi) is 8.78. The molecule has 0 amide bonds. The van der Waals surface area contributed by atoms with Gasteiger partial charge in [0, 0.05) is 32.9 Å². The SMILES string of the molecule is CCC(C)NC(=NC)NCCc1cnn(C)c1.I. The Morgan fingerprint density at radius 1 is 1.56 bits per heavy atom. The zero-order chi connectivity index (χ0) is 12.7. The van der Waals surface area contributed by atoms with Crippen LogP contribution in [0.2, 0.25) is 0 Å². The molecular formula is C12H24IN5. The van der Waals surface area contributed by atoms with E-state index in [1.54, 1.807) is 7.05 Å². The zero-order valence-electron chi connectivity index (χ0n) is 11.6. The Bertz CT molecular complexity index is 361. The van der Waals surface area contributed by atoms with E-state index in [1.165, 1.54) is 5.56 Å². The van der Waals surface area contributed by atoms with Gasteiger partial charge >= 0.3 is 0 Å². The smallest absolute Gasteiger partial charge is 0.191 e. The number of aromatic nitrogens is 2. The molecule has 104 valence electrons. The summed E-state index contributed by atoms with van der Waals surface area (Å²) in [5.74, 6) is 0.864. The van der Waals surface area contributed by atoms with Crippen molar-refractivity contribution < 1.29 is 0 Å². The van der Waals surface area contributed by atoms with Crippen LogP contribution in [0.3, 0.4) is 0 Å². The first kappa shape index (κ1) is 17.2. The monoisotopic (exact) mass is 365 g/mol. The molecule has 1 heterocycles. The molecule has 0 radical (unpaired) electrons. The van der Waals surface area contributed by atoms with Gasteiger partial charge in [0.2, 0.25) is 0 Å². The van der Waals surface area contributed by atoms with Gasteiger partial charge in [0.05, 0.1) is 6.20 Å². The number of hydrogen-bond donors (Lipinski definition) is 2. The number of nitrogens with zero attached hydrogens (tertiary/aromatic N) is 3. The van der Waals surface area contributed by atoms with E-state index in [9.17, 15) is 0 Å². The third-order valence-corrected chi connectivity index (χ3v) is 2.68. The van der Waals surface area contributed by atoms with E-state index >= 15 is 0 Å². The zero-order valence-corrected chi connectivity index (χ0v) is 13.9. The molecule has 0 fully saturated rings. The molecule has 1 unspecified atom stereocenters. The topological polar surface area (TPSA) is 54.2 Å². The van der Waals surface area contributed by atoms with Crippen molar-refractivity contribution in [3.8, 4) is 0 Å². The van der Waals surface area contributed by atoms with Crippen LogP contribution in [0.5, 0.6) is 0 Å². The predicted octanol–water partition coefficient (Wildman–Crippen LogP) is 1.54. The third kappa shape index (κ3) is 6.23. The van der Waals surface area contributed by atoms with E-state index < -0.39 is 0 Å². The molecule has 0 bridgehead atoms. The maximum Gasteiger partial charge on any atom is 0.191 e. The fraction of sp³-hybridized carbons (Fsp3) is 0.667. The number of guanidine groups is 1. The number of hydrogen-bond acceptors (Lipinski definition) is 2. The first-order valence-electron chi connectivity index (χ1n) is 6.10. The highest BCUT2D eigenvalue weighted by molar-refractivity contribution is 14.0. The Morgan fingerprint density at radius 3 is 2.78 bits per heavy atom. The molecule has 2 N–H and O–H groups in total. The lowest BCUT2D eigenvalue weighted by Gasteiger charge is -2.16. The lowest BCUT2D eigenvalue weighted by molar-refractivity contribution is 0.624. The summed E-state index contributed by atoms with van der Waals surface area (Å²) >= 11 is 0. The maximum atomic E-state index is 4.19. The Labute approximate surface area is 126 Å². The van der Waals surface area contributed by atoms with Gasteiger partial charge in [-0.3, -0.25) is 9.67 Å².